The first-order chi connectivity index (χ1) is 4.20. The zero-order chi connectivity index (χ0) is 6.85. The number of hydrogen-bond acceptors (Lipinski definition) is 2. The lowest BCUT2D eigenvalue weighted by Crippen LogP contribution is -1.78. The maximum absolute atomic E-state index is 11.7. The highest BCUT2D eigenvalue weighted by molar-refractivity contribution is 9.10. The molecule has 0 aromatic carbocycles. The number of halogens is 3. The molecule has 0 amide bonds. The zero-order valence-electron chi connectivity index (χ0n) is 4.14. The van der Waals surface area contributed by atoms with Gasteiger partial charge in [0.05, 0.1) is 0 Å². The van der Waals surface area contributed by atoms with E-state index in [4.69, 9.17) is 0 Å². The Morgan fingerprint density at radius 1 is 1.67 bits per heavy atom. The van der Waals surface area contributed by atoms with Gasteiger partial charge < -0.3 is 0 Å². The van der Waals surface area contributed by atoms with E-state index in [2.05, 4.69) is 20.9 Å². The van der Waals surface area contributed by atoms with Crippen LogP contribution in [0.5, 0.6) is 0 Å². The molecule has 9 heavy (non-hydrogen) atoms. The highest BCUT2D eigenvalue weighted by Gasteiger charge is 2.10. The van der Waals surface area contributed by atoms with Crippen LogP contribution in [0.4, 0.5) is 8.78 Å². The molecule has 5 heteroatoms. The molecule has 0 aliphatic heterocycles. The Morgan fingerprint density at radius 2 is 2.33 bits per heavy atom. The second kappa shape index (κ2) is 2.70. The molecule has 0 N–H and O–H groups in total. The van der Waals surface area contributed by atoms with Crippen LogP contribution in [-0.4, -0.2) is 4.98 Å². The summed E-state index contributed by atoms with van der Waals surface area (Å²) in [5.74, 6) is 0. The summed E-state index contributed by atoms with van der Waals surface area (Å²) < 4.78 is 23.9. The van der Waals surface area contributed by atoms with Gasteiger partial charge in [0, 0.05) is 5.38 Å². The summed E-state index contributed by atoms with van der Waals surface area (Å²) in [5, 5.41) is 1.39. The zero-order valence-corrected chi connectivity index (χ0v) is 6.55. The summed E-state index contributed by atoms with van der Waals surface area (Å²) >= 11 is 3.92. The molecule has 0 spiro atoms. The van der Waals surface area contributed by atoms with Crippen LogP contribution in [-0.2, 0) is 0 Å². The summed E-state index contributed by atoms with van der Waals surface area (Å²) in [4.78, 5) is 3.50. The van der Waals surface area contributed by atoms with E-state index in [1.165, 1.54) is 5.38 Å². The van der Waals surface area contributed by atoms with Gasteiger partial charge in [-0.25, -0.2) is 13.8 Å². The molecule has 50 valence electrons. The highest BCUT2D eigenvalue weighted by Crippen LogP contribution is 2.24. The van der Waals surface area contributed by atoms with Crippen LogP contribution in [0.2, 0.25) is 0 Å². The predicted octanol–water partition coefficient (Wildman–Crippen LogP) is 2.84. The first-order valence-electron chi connectivity index (χ1n) is 2.09. The monoisotopic (exact) mass is 213 g/mol. The SMILES string of the molecule is FC(F)c1nc(Br)cs1. The molecule has 1 aromatic rings. The van der Waals surface area contributed by atoms with Gasteiger partial charge in [0.25, 0.3) is 6.43 Å². The molecular formula is C4H2BrF2NS. The Balaban J connectivity index is 2.85. The van der Waals surface area contributed by atoms with Gasteiger partial charge in [0.15, 0.2) is 5.01 Å². The maximum Gasteiger partial charge on any atom is 0.289 e. The molecule has 0 fully saturated rings. The van der Waals surface area contributed by atoms with Crippen molar-refractivity contribution in [3.8, 4) is 0 Å². The summed E-state index contributed by atoms with van der Waals surface area (Å²) in [5.41, 5.74) is 0. The van der Waals surface area contributed by atoms with Gasteiger partial charge in [-0.2, -0.15) is 0 Å². The maximum atomic E-state index is 11.7. The minimum absolute atomic E-state index is 0.137. The van der Waals surface area contributed by atoms with Gasteiger partial charge in [-0.15, -0.1) is 11.3 Å². The molecule has 1 rings (SSSR count). The van der Waals surface area contributed by atoms with Gasteiger partial charge in [-0.3, -0.25) is 0 Å². The fourth-order valence-corrected chi connectivity index (χ4v) is 1.48. The normalized spacial score (nSPS) is 10.7. The van der Waals surface area contributed by atoms with E-state index >= 15 is 0 Å². The standard InChI is InChI=1S/C4H2BrF2NS/c5-2-1-9-4(8-2)3(6)7/h1,3H. The lowest BCUT2D eigenvalue weighted by atomic mass is 10.7. The lowest BCUT2D eigenvalue weighted by Gasteiger charge is -1.86. The highest BCUT2D eigenvalue weighted by atomic mass is 79.9. The minimum Gasteiger partial charge on any atom is -0.228 e. The van der Waals surface area contributed by atoms with E-state index in [-0.39, 0.29) is 5.01 Å². The van der Waals surface area contributed by atoms with Gasteiger partial charge >= 0.3 is 0 Å². The lowest BCUT2D eigenvalue weighted by molar-refractivity contribution is 0.151. The Hall–Kier alpha value is -0.0300. The van der Waals surface area contributed by atoms with Gasteiger partial charge in [0.2, 0.25) is 0 Å². The molecule has 0 unspecified atom stereocenters. The third-order valence-corrected chi connectivity index (χ3v) is 2.24. The topological polar surface area (TPSA) is 12.9 Å². The van der Waals surface area contributed by atoms with Crippen molar-refractivity contribution in [1.29, 1.82) is 0 Å². The number of thiazole rings is 1. The van der Waals surface area contributed by atoms with Crippen LogP contribution in [0, 0.1) is 0 Å². The largest absolute Gasteiger partial charge is 0.289 e. The molecule has 0 atom stereocenters. The number of rotatable bonds is 1. The predicted molar refractivity (Wildman–Crippen MR) is 34.8 cm³/mol. The van der Waals surface area contributed by atoms with Crippen molar-refractivity contribution in [2.75, 3.05) is 0 Å². The molecule has 1 heterocycles. The molecule has 0 aliphatic rings. The average Bonchev–Trinajstić information content (AvgIpc) is 2.14. The summed E-state index contributed by atoms with van der Waals surface area (Å²) in [6.45, 7) is 0. The average molecular weight is 214 g/mol. The van der Waals surface area contributed by atoms with Crippen LogP contribution in [0.3, 0.4) is 0 Å². The van der Waals surface area contributed by atoms with Crippen molar-refractivity contribution in [2.24, 2.45) is 0 Å². The van der Waals surface area contributed by atoms with Crippen LogP contribution in [0.25, 0.3) is 0 Å². The fraction of sp³-hybridized carbons (Fsp3) is 0.250. The van der Waals surface area contributed by atoms with Gasteiger partial charge in [0.1, 0.15) is 4.60 Å². The van der Waals surface area contributed by atoms with Crippen LogP contribution in [0.1, 0.15) is 11.4 Å². The van der Waals surface area contributed by atoms with E-state index in [9.17, 15) is 8.78 Å². The molecule has 0 bridgehead atoms. The van der Waals surface area contributed by atoms with Crippen molar-refractivity contribution in [2.45, 2.75) is 6.43 Å². The van der Waals surface area contributed by atoms with E-state index < -0.39 is 6.43 Å². The first-order valence-corrected chi connectivity index (χ1v) is 3.76. The number of alkyl halides is 2. The Morgan fingerprint density at radius 3 is 2.56 bits per heavy atom. The third-order valence-electron chi connectivity index (χ3n) is 0.681. The number of aromatic nitrogens is 1. The molecule has 1 nitrogen and oxygen atoms in total. The Labute approximate surface area is 62.9 Å². The van der Waals surface area contributed by atoms with Crippen molar-refractivity contribution >= 4 is 27.3 Å². The second-order valence-electron chi connectivity index (χ2n) is 1.31. The number of hydrogen-bond donors (Lipinski definition) is 0. The van der Waals surface area contributed by atoms with Gasteiger partial charge in [-0.05, 0) is 15.9 Å². The summed E-state index contributed by atoms with van der Waals surface area (Å²) in [7, 11) is 0. The van der Waals surface area contributed by atoms with Crippen LogP contribution >= 0.6 is 27.3 Å². The molecule has 1 aromatic heterocycles. The van der Waals surface area contributed by atoms with Crippen molar-refractivity contribution < 1.29 is 8.78 Å². The summed E-state index contributed by atoms with van der Waals surface area (Å²) in [6.07, 6.45) is -2.44. The number of nitrogens with zero attached hydrogens (tertiary/aromatic N) is 1. The molecule has 0 saturated carbocycles. The van der Waals surface area contributed by atoms with E-state index in [1.54, 1.807) is 0 Å². The molecule has 0 saturated heterocycles. The Kier molecular flexibility index (Phi) is 2.13. The van der Waals surface area contributed by atoms with Crippen molar-refractivity contribution in [3.05, 3.63) is 15.0 Å². The fourth-order valence-electron chi connectivity index (χ4n) is 0.367. The van der Waals surface area contributed by atoms with E-state index in [0.29, 0.717) is 4.60 Å². The Bertz CT molecular complexity index is 200. The third kappa shape index (κ3) is 1.69. The van der Waals surface area contributed by atoms with Crippen LogP contribution < -0.4 is 0 Å². The summed E-state index contributed by atoms with van der Waals surface area (Å²) in [6, 6.07) is 0. The molecule has 0 aliphatic carbocycles. The van der Waals surface area contributed by atoms with Crippen LogP contribution in [0.15, 0.2) is 9.98 Å². The first kappa shape index (κ1) is 7.08. The van der Waals surface area contributed by atoms with Crippen molar-refractivity contribution in [1.82, 2.24) is 4.98 Å². The molecular weight excluding hydrogens is 212 g/mol. The van der Waals surface area contributed by atoms with Crippen molar-refractivity contribution in [3.63, 3.8) is 0 Å². The van der Waals surface area contributed by atoms with Gasteiger partial charge in [-0.1, -0.05) is 0 Å². The minimum atomic E-state index is -2.44. The van der Waals surface area contributed by atoms with E-state index in [0.717, 1.165) is 11.3 Å². The smallest absolute Gasteiger partial charge is 0.228 e. The molecule has 0 radical (unpaired) electrons. The van der Waals surface area contributed by atoms with E-state index in [1.807, 2.05) is 0 Å². The second-order valence-corrected chi connectivity index (χ2v) is 3.01. The quantitative estimate of drug-likeness (QED) is 0.700.